The van der Waals surface area contributed by atoms with Gasteiger partial charge in [-0.1, -0.05) is 19.1 Å². The number of hydrogen-bond acceptors (Lipinski definition) is 5. The summed E-state index contributed by atoms with van der Waals surface area (Å²) in [6.07, 6.45) is 7.55. The Morgan fingerprint density at radius 1 is 1.35 bits per heavy atom. The molecular weight excluding hydrogens is 330 g/mol. The van der Waals surface area contributed by atoms with Gasteiger partial charge in [0.05, 0.1) is 6.61 Å². The summed E-state index contributed by atoms with van der Waals surface area (Å²) in [5.74, 6) is 1.28. The first-order valence-electron chi connectivity index (χ1n) is 9.06. The molecule has 0 spiro atoms. The van der Waals surface area contributed by atoms with Crippen LogP contribution in [0, 0.1) is 0 Å². The lowest BCUT2D eigenvalue weighted by molar-refractivity contribution is 0.174. The minimum Gasteiger partial charge on any atom is -0.494 e. The third-order valence-electron chi connectivity index (χ3n) is 4.42. The Labute approximate surface area is 153 Å². The summed E-state index contributed by atoms with van der Waals surface area (Å²) in [7, 11) is 0. The number of nitrogens with one attached hydrogen (secondary N) is 2. The van der Waals surface area contributed by atoms with E-state index in [4.69, 9.17) is 9.47 Å². The number of hydrogen-bond donors (Lipinski definition) is 2. The first-order valence-corrected chi connectivity index (χ1v) is 9.06. The molecule has 26 heavy (non-hydrogen) atoms. The van der Waals surface area contributed by atoms with Crippen LogP contribution >= 0.6 is 0 Å². The van der Waals surface area contributed by atoms with Crippen LogP contribution in [0.4, 0.5) is 10.6 Å². The molecule has 0 bridgehead atoms. The van der Waals surface area contributed by atoms with Crippen LogP contribution < -0.4 is 15.4 Å². The third kappa shape index (κ3) is 4.95. The van der Waals surface area contributed by atoms with Crippen LogP contribution in [0.1, 0.15) is 25.7 Å². The molecule has 6 nitrogen and oxygen atoms in total. The van der Waals surface area contributed by atoms with Crippen LogP contribution in [0.25, 0.3) is 10.8 Å². The smallest absolute Gasteiger partial charge is 0.413 e. The van der Waals surface area contributed by atoms with Crippen molar-refractivity contribution in [1.29, 1.82) is 0 Å². The Bertz CT molecular complexity index is 759. The molecule has 0 radical (unpaired) electrons. The van der Waals surface area contributed by atoms with Gasteiger partial charge in [-0.15, -0.1) is 0 Å². The number of aromatic nitrogens is 1. The highest BCUT2D eigenvalue weighted by Crippen LogP contribution is 2.25. The van der Waals surface area contributed by atoms with Crippen LogP contribution in [0.5, 0.6) is 5.75 Å². The van der Waals surface area contributed by atoms with Crippen molar-refractivity contribution in [3.05, 3.63) is 43.1 Å². The van der Waals surface area contributed by atoms with E-state index in [2.05, 4.69) is 22.2 Å². The summed E-state index contributed by atoms with van der Waals surface area (Å²) in [6.45, 7) is 5.33. The van der Waals surface area contributed by atoms with E-state index in [1.54, 1.807) is 6.20 Å². The lowest BCUT2D eigenvalue weighted by Crippen LogP contribution is -2.36. The monoisotopic (exact) mass is 355 g/mol. The summed E-state index contributed by atoms with van der Waals surface area (Å²) in [5.41, 5.74) is 0. The molecule has 1 fully saturated rings. The standard InChI is InChI=1S/C20H25N3O3/c1-2-12-26-20(24)23-19-18-8-7-17(14-15(18)9-11-22-19)25-13-4-10-21-16-5-3-6-16/h2,7-9,11,14,16,21H,1,3-6,10,12-13H2,(H,22,23,24). The maximum Gasteiger partial charge on any atom is 0.413 e. The molecule has 138 valence electrons. The number of rotatable bonds is 9. The number of nitrogens with zero attached hydrogens (tertiary/aromatic N) is 1. The Morgan fingerprint density at radius 3 is 3.00 bits per heavy atom. The summed E-state index contributed by atoms with van der Waals surface area (Å²) < 4.78 is 10.8. The number of anilines is 1. The molecule has 2 N–H and O–H groups in total. The number of amides is 1. The molecule has 0 atom stereocenters. The lowest BCUT2D eigenvalue weighted by Gasteiger charge is -2.26. The van der Waals surface area contributed by atoms with Crippen LogP contribution in [-0.2, 0) is 4.74 Å². The molecule has 0 saturated heterocycles. The fourth-order valence-electron chi connectivity index (χ4n) is 2.79. The van der Waals surface area contributed by atoms with Gasteiger partial charge in [-0.05, 0) is 55.5 Å². The highest BCUT2D eigenvalue weighted by atomic mass is 16.5. The second-order valence-electron chi connectivity index (χ2n) is 6.34. The van der Waals surface area contributed by atoms with Crippen molar-refractivity contribution in [2.24, 2.45) is 0 Å². The van der Waals surface area contributed by atoms with Crippen molar-refractivity contribution in [1.82, 2.24) is 10.3 Å². The van der Waals surface area contributed by atoms with Gasteiger partial charge in [0.15, 0.2) is 0 Å². The number of pyridine rings is 1. The number of carbonyl (C=O) groups excluding carboxylic acids is 1. The molecule has 2 aromatic rings. The SMILES string of the molecule is C=CCOC(=O)Nc1nccc2cc(OCCCNC3CCC3)ccc12. The number of fused-ring (bicyclic) bond motifs is 1. The second kappa shape index (κ2) is 9.20. The van der Waals surface area contributed by atoms with E-state index in [0.717, 1.165) is 29.5 Å². The van der Waals surface area contributed by atoms with Gasteiger partial charge in [0.2, 0.25) is 0 Å². The van der Waals surface area contributed by atoms with Gasteiger partial charge in [0.1, 0.15) is 18.2 Å². The van der Waals surface area contributed by atoms with Crippen LogP contribution in [-0.4, -0.2) is 36.9 Å². The van der Waals surface area contributed by atoms with E-state index >= 15 is 0 Å². The molecule has 1 saturated carbocycles. The Hall–Kier alpha value is -2.60. The van der Waals surface area contributed by atoms with Gasteiger partial charge in [-0.2, -0.15) is 0 Å². The molecule has 1 amide bonds. The third-order valence-corrected chi connectivity index (χ3v) is 4.42. The Morgan fingerprint density at radius 2 is 2.23 bits per heavy atom. The van der Waals surface area contributed by atoms with Gasteiger partial charge in [0, 0.05) is 17.6 Å². The molecular formula is C20H25N3O3. The molecule has 0 aliphatic heterocycles. The predicted octanol–water partition coefficient (Wildman–Crippen LogP) is 3.88. The highest BCUT2D eigenvalue weighted by Gasteiger charge is 2.15. The Balaban J connectivity index is 1.54. The van der Waals surface area contributed by atoms with Crippen molar-refractivity contribution >= 4 is 22.7 Å². The van der Waals surface area contributed by atoms with Gasteiger partial charge in [-0.3, -0.25) is 5.32 Å². The zero-order chi connectivity index (χ0) is 18.2. The van der Waals surface area contributed by atoms with Gasteiger partial charge >= 0.3 is 6.09 Å². The van der Waals surface area contributed by atoms with E-state index in [1.807, 2.05) is 24.3 Å². The minimum atomic E-state index is -0.552. The average Bonchev–Trinajstić information content (AvgIpc) is 2.61. The zero-order valence-corrected chi connectivity index (χ0v) is 14.9. The predicted molar refractivity (Wildman–Crippen MR) is 103 cm³/mol. The highest BCUT2D eigenvalue weighted by molar-refractivity contribution is 5.98. The maximum absolute atomic E-state index is 11.7. The molecule has 6 heteroatoms. The number of carbonyl (C=O) groups is 1. The second-order valence-corrected chi connectivity index (χ2v) is 6.34. The largest absolute Gasteiger partial charge is 0.494 e. The van der Waals surface area contributed by atoms with Crippen molar-refractivity contribution in [2.45, 2.75) is 31.7 Å². The van der Waals surface area contributed by atoms with E-state index < -0.39 is 6.09 Å². The summed E-state index contributed by atoms with van der Waals surface area (Å²) >= 11 is 0. The molecule has 0 unspecified atom stereocenters. The van der Waals surface area contributed by atoms with E-state index in [1.165, 1.54) is 25.3 Å². The zero-order valence-electron chi connectivity index (χ0n) is 14.9. The van der Waals surface area contributed by atoms with E-state index in [9.17, 15) is 4.79 Å². The van der Waals surface area contributed by atoms with Crippen molar-refractivity contribution in [3.63, 3.8) is 0 Å². The number of ether oxygens (including phenoxy) is 2. The molecule has 1 aromatic heterocycles. The quantitative estimate of drug-likeness (QED) is 0.527. The van der Waals surface area contributed by atoms with Crippen LogP contribution in [0.15, 0.2) is 43.1 Å². The first kappa shape index (κ1) is 18.2. The summed E-state index contributed by atoms with van der Waals surface area (Å²) in [4.78, 5) is 15.9. The van der Waals surface area contributed by atoms with Gasteiger partial charge in [-0.25, -0.2) is 9.78 Å². The van der Waals surface area contributed by atoms with Crippen molar-refractivity contribution < 1.29 is 14.3 Å². The summed E-state index contributed by atoms with van der Waals surface area (Å²) in [5, 5.41) is 7.96. The molecule has 1 heterocycles. The normalized spacial score (nSPS) is 13.8. The average molecular weight is 355 g/mol. The fourth-order valence-corrected chi connectivity index (χ4v) is 2.79. The lowest BCUT2D eigenvalue weighted by atomic mass is 9.93. The number of benzene rings is 1. The topological polar surface area (TPSA) is 72.5 Å². The first-order chi connectivity index (χ1) is 12.8. The Kier molecular flexibility index (Phi) is 6.44. The van der Waals surface area contributed by atoms with E-state index in [0.29, 0.717) is 18.5 Å². The molecule has 1 aliphatic rings. The van der Waals surface area contributed by atoms with E-state index in [-0.39, 0.29) is 6.61 Å². The van der Waals surface area contributed by atoms with Crippen molar-refractivity contribution in [2.75, 3.05) is 25.1 Å². The van der Waals surface area contributed by atoms with Gasteiger partial charge in [0.25, 0.3) is 0 Å². The minimum absolute atomic E-state index is 0.157. The van der Waals surface area contributed by atoms with Crippen LogP contribution in [0.3, 0.4) is 0 Å². The molecule has 3 rings (SSSR count). The fraction of sp³-hybridized carbons (Fsp3) is 0.400. The molecule has 1 aromatic carbocycles. The van der Waals surface area contributed by atoms with Crippen LogP contribution in [0.2, 0.25) is 0 Å². The van der Waals surface area contributed by atoms with Crippen molar-refractivity contribution in [3.8, 4) is 5.75 Å². The maximum atomic E-state index is 11.7. The molecule has 1 aliphatic carbocycles. The summed E-state index contributed by atoms with van der Waals surface area (Å²) in [6, 6.07) is 8.35. The van der Waals surface area contributed by atoms with Gasteiger partial charge < -0.3 is 14.8 Å².